The number of nitrogens with one attached hydrogen (secondary N) is 1. The monoisotopic (exact) mass is 270 g/mol. The fraction of sp³-hybridized carbons (Fsp3) is 0.846. The number of piperazine rings is 1. The van der Waals surface area contributed by atoms with Gasteiger partial charge < -0.3 is 15.1 Å². The van der Waals surface area contributed by atoms with Crippen molar-refractivity contribution in [2.24, 2.45) is 0 Å². The molecule has 0 aromatic rings. The van der Waals surface area contributed by atoms with Crippen LogP contribution in [-0.2, 0) is 4.79 Å². The Labute approximate surface area is 115 Å². The summed E-state index contributed by atoms with van der Waals surface area (Å²) >= 11 is 0. The van der Waals surface area contributed by atoms with Crippen molar-refractivity contribution in [2.45, 2.75) is 20.8 Å². The predicted molar refractivity (Wildman–Crippen MR) is 75.0 cm³/mol. The molecule has 0 atom stereocenters. The van der Waals surface area contributed by atoms with Crippen LogP contribution in [0.2, 0.25) is 0 Å². The van der Waals surface area contributed by atoms with Crippen LogP contribution in [0, 0.1) is 0 Å². The summed E-state index contributed by atoms with van der Waals surface area (Å²) in [5, 5.41) is 2.80. The molecule has 0 radical (unpaired) electrons. The standard InChI is InChI=1S/C13H26N4O2/c1-4-14-13(19)17-9-7-15(8-10-17)11-12(18)16(5-2)6-3/h4-11H2,1-3H3,(H,14,19). The SMILES string of the molecule is CCNC(=O)N1CCN(CC(=O)N(CC)CC)CC1. The minimum atomic E-state index is -0.00257. The second-order valence-electron chi connectivity index (χ2n) is 4.66. The van der Waals surface area contributed by atoms with Gasteiger partial charge in [-0.05, 0) is 20.8 Å². The number of hydrogen-bond acceptors (Lipinski definition) is 3. The first-order valence-electron chi connectivity index (χ1n) is 7.15. The molecule has 1 aliphatic rings. The van der Waals surface area contributed by atoms with E-state index >= 15 is 0 Å². The molecule has 0 bridgehead atoms. The van der Waals surface area contributed by atoms with E-state index in [2.05, 4.69) is 10.2 Å². The molecule has 110 valence electrons. The third-order valence-electron chi connectivity index (χ3n) is 3.46. The molecule has 1 rings (SSSR count). The minimum absolute atomic E-state index is 0.00257. The third kappa shape index (κ3) is 4.70. The zero-order valence-corrected chi connectivity index (χ0v) is 12.3. The summed E-state index contributed by atoms with van der Waals surface area (Å²) in [6.07, 6.45) is 0. The van der Waals surface area contributed by atoms with Gasteiger partial charge in [0.1, 0.15) is 0 Å². The van der Waals surface area contributed by atoms with Gasteiger partial charge in [-0.3, -0.25) is 9.69 Å². The number of likely N-dealkylation sites (N-methyl/N-ethyl adjacent to an activating group) is 1. The first-order chi connectivity index (χ1) is 9.12. The van der Waals surface area contributed by atoms with E-state index in [-0.39, 0.29) is 11.9 Å². The molecule has 0 unspecified atom stereocenters. The van der Waals surface area contributed by atoms with Gasteiger partial charge in [-0.25, -0.2) is 4.79 Å². The molecule has 1 heterocycles. The maximum Gasteiger partial charge on any atom is 0.317 e. The Morgan fingerprint density at radius 2 is 1.63 bits per heavy atom. The lowest BCUT2D eigenvalue weighted by Crippen LogP contribution is -2.53. The van der Waals surface area contributed by atoms with E-state index in [1.807, 2.05) is 30.6 Å². The van der Waals surface area contributed by atoms with Crippen LogP contribution >= 0.6 is 0 Å². The number of carbonyl (C=O) groups is 2. The Hall–Kier alpha value is -1.30. The summed E-state index contributed by atoms with van der Waals surface area (Å²) in [5.74, 6) is 0.177. The molecule has 0 aromatic heterocycles. The van der Waals surface area contributed by atoms with Crippen molar-refractivity contribution in [2.75, 3.05) is 52.4 Å². The molecule has 6 nitrogen and oxygen atoms in total. The quantitative estimate of drug-likeness (QED) is 0.776. The Balaban J connectivity index is 2.34. The lowest BCUT2D eigenvalue weighted by Gasteiger charge is -2.35. The van der Waals surface area contributed by atoms with E-state index in [9.17, 15) is 9.59 Å². The van der Waals surface area contributed by atoms with Crippen molar-refractivity contribution in [3.05, 3.63) is 0 Å². The summed E-state index contributed by atoms with van der Waals surface area (Å²) in [6, 6.07) is -0.00257. The first kappa shape index (κ1) is 15.8. The maximum absolute atomic E-state index is 12.0. The van der Waals surface area contributed by atoms with Gasteiger partial charge in [0.25, 0.3) is 0 Å². The fourth-order valence-corrected chi connectivity index (χ4v) is 2.24. The second-order valence-corrected chi connectivity index (χ2v) is 4.66. The van der Waals surface area contributed by atoms with Gasteiger partial charge in [0, 0.05) is 45.8 Å². The highest BCUT2D eigenvalue weighted by atomic mass is 16.2. The van der Waals surface area contributed by atoms with Crippen LogP contribution in [-0.4, -0.2) is 79.0 Å². The molecular formula is C13H26N4O2. The second kappa shape index (κ2) is 7.99. The Morgan fingerprint density at radius 1 is 1.05 bits per heavy atom. The Bertz CT molecular complexity index is 297. The molecule has 1 aliphatic heterocycles. The summed E-state index contributed by atoms with van der Waals surface area (Å²) in [7, 11) is 0. The Kier molecular flexibility index (Phi) is 6.62. The molecule has 0 aliphatic carbocycles. The number of rotatable bonds is 5. The first-order valence-corrected chi connectivity index (χ1v) is 7.15. The van der Waals surface area contributed by atoms with Crippen LogP contribution in [0.1, 0.15) is 20.8 Å². The molecule has 6 heteroatoms. The van der Waals surface area contributed by atoms with Crippen molar-refractivity contribution in [3.8, 4) is 0 Å². The van der Waals surface area contributed by atoms with Gasteiger partial charge in [0.05, 0.1) is 6.54 Å². The molecule has 0 aromatic carbocycles. The number of amides is 3. The fourth-order valence-electron chi connectivity index (χ4n) is 2.24. The zero-order valence-electron chi connectivity index (χ0n) is 12.3. The van der Waals surface area contributed by atoms with Crippen LogP contribution in [0.15, 0.2) is 0 Å². The van der Waals surface area contributed by atoms with Gasteiger partial charge in [0.15, 0.2) is 0 Å². The molecule has 19 heavy (non-hydrogen) atoms. The van der Waals surface area contributed by atoms with E-state index < -0.39 is 0 Å². The van der Waals surface area contributed by atoms with Crippen molar-refractivity contribution in [1.82, 2.24) is 20.0 Å². The van der Waals surface area contributed by atoms with Crippen molar-refractivity contribution < 1.29 is 9.59 Å². The van der Waals surface area contributed by atoms with Crippen LogP contribution in [0.3, 0.4) is 0 Å². The lowest BCUT2D eigenvalue weighted by molar-refractivity contribution is -0.132. The van der Waals surface area contributed by atoms with Crippen molar-refractivity contribution in [3.63, 3.8) is 0 Å². The van der Waals surface area contributed by atoms with E-state index in [0.29, 0.717) is 26.2 Å². The lowest BCUT2D eigenvalue weighted by atomic mass is 10.3. The summed E-state index contributed by atoms with van der Waals surface area (Å²) in [4.78, 5) is 29.4. The van der Waals surface area contributed by atoms with E-state index in [4.69, 9.17) is 0 Å². The van der Waals surface area contributed by atoms with Crippen molar-refractivity contribution >= 4 is 11.9 Å². The largest absolute Gasteiger partial charge is 0.342 e. The average molecular weight is 270 g/mol. The molecular weight excluding hydrogens is 244 g/mol. The molecule has 1 fully saturated rings. The van der Waals surface area contributed by atoms with Gasteiger partial charge in [-0.15, -0.1) is 0 Å². The van der Waals surface area contributed by atoms with Gasteiger partial charge in [-0.1, -0.05) is 0 Å². The highest BCUT2D eigenvalue weighted by Gasteiger charge is 2.22. The highest BCUT2D eigenvalue weighted by molar-refractivity contribution is 5.78. The smallest absolute Gasteiger partial charge is 0.317 e. The zero-order chi connectivity index (χ0) is 14.3. The number of nitrogens with zero attached hydrogens (tertiary/aromatic N) is 3. The summed E-state index contributed by atoms with van der Waals surface area (Å²) < 4.78 is 0. The van der Waals surface area contributed by atoms with Gasteiger partial charge in [-0.2, -0.15) is 0 Å². The van der Waals surface area contributed by atoms with Crippen molar-refractivity contribution in [1.29, 1.82) is 0 Å². The highest BCUT2D eigenvalue weighted by Crippen LogP contribution is 2.03. The summed E-state index contributed by atoms with van der Waals surface area (Å²) in [5.41, 5.74) is 0. The molecule has 3 amide bonds. The minimum Gasteiger partial charge on any atom is -0.342 e. The molecule has 0 spiro atoms. The molecule has 1 N–H and O–H groups in total. The van der Waals surface area contributed by atoms with Gasteiger partial charge in [0.2, 0.25) is 5.91 Å². The maximum atomic E-state index is 12.0. The van der Waals surface area contributed by atoms with Crippen LogP contribution in [0.25, 0.3) is 0 Å². The van der Waals surface area contributed by atoms with Crippen LogP contribution in [0.5, 0.6) is 0 Å². The predicted octanol–water partition coefficient (Wildman–Crippen LogP) is 0.202. The average Bonchev–Trinajstić information content (AvgIpc) is 2.41. The number of urea groups is 1. The molecule has 0 saturated carbocycles. The van der Waals surface area contributed by atoms with E-state index in [1.54, 1.807) is 0 Å². The van der Waals surface area contributed by atoms with E-state index in [0.717, 1.165) is 26.2 Å². The van der Waals surface area contributed by atoms with Crippen LogP contribution < -0.4 is 5.32 Å². The van der Waals surface area contributed by atoms with Gasteiger partial charge >= 0.3 is 6.03 Å². The Morgan fingerprint density at radius 3 is 2.11 bits per heavy atom. The topological polar surface area (TPSA) is 55.9 Å². The molecule has 1 saturated heterocycles. The summed E-state index contributed by atoms with van der Waals surface area (Å²) in [6.45, 7) is 11.5. The number of hydrogen-bond donors (Lipinski definition) is 1. The normalized spacial score (nSPS) is 16.3. The van der Waals surface area contributed by atoms with E-state index in [1.165, 1.54) is 0 Å². The third-order valence-corrected chi connectivity index (χ3v) is 3.46. The number of carbonyl (C=O) groups excluding carboxylic acids is 2. The van der Waals surface area contributed by atoms with Crippen LogP contribution in [0.4, 0.5) is 4.79 Å².